The number of nitrogens with two attached hydrogens (primary N) is 1. The summed E-state index contributed by atoms with van der Waals surface area (Å²) in [7, 11) is 2.11. The first kappa shape index (κ1) is 13.5. The van der Waals surface area contributed by atoms with Crippen LogP contribution >= 0.6 is 0 Å². The van der Waals surface area contributed by atoms with Crippen LogP contribution in [-0.2, 0) is 4.74 Å². The minimum absolute atomic E-state index is 0.190. The Bertz CT molecular complexity index is 234. The predicted molar refractivity (Wildman–Crippen MR) is 66.8 cm³/mol. The van der Waals surface area contributed by atoms with Crippen molar-refractivity contribution in [1.29, 1.82) is 5.41 Å². The third-order valence-electron chi connectivity index (χ3n) is 3.39. The Morgan fingerprint density at radius 3 is 2.75 bits per heavy atom. The van der Waals surface area contributed by atoms with Crippen LogP contribution in [0.1, 0.15) is 33.1 Å². The second-order valence-electron chi connectivity index (χ2n) is 5.44. The van der Waals surface area contributed by atoms with E-state index in [1.165, 1.54) is 12.8 Å². The lowest BCUT2D eigenvalue weighted by Crippen LogP contribution is -2.36. The van der Waals surface area contributed by atoms with Crippen LogP contribution < -0.4 is 5.73 Å². The molecule has 1 aliphatic rings. The van der Waals surface area contributed by atoms with Gasteiger partial charge in [-0.1, -0.05) is 13.8 Å². The van der Waals surface area contributed by atoms with Crippen LogP contribution in [0.4, 0.5) is 0 Å². The second-order valence-corrected chi connectivity index (χ2v) is 5.44. The van der Waals surface area contributed by atoms with Crippen LogP contribution in [0.3, 0.4) is 0 Å². The maximum Gasteiger partial charge on any atom is 0.0963 e. The fourth-order valence-electron chi connectivity index (χ4n) is 1.83. The molecule has 1 rings (SSSR count). The van der Waals surface area contributed by atoms with E-state index in [0.29, 0.717) is 6.10 Å². The normalized spacial score (nSPS) is 21.6. The van der Waals surface area contributed by atoms with Gasteiger partial charge >= 0.3 is 0 Å². The Labute approximate surface area is 98.6 Å². The van der Waals surface area contributed by atoms with E-state index in [9.17, 15) is 0 Å². The van der Waals surface area contributed by atoms with Crippen molar-refractivity contribution in [3.63, 3.8) is 0 Å². The van der Waals surface area contributed by atoms with E-state index in [1.54, 1.807) is 0 Å². The number of nitrogens with one attached hydrogen (secondary N) is 1. The Kier molecular flexibility index (Phi) is 4.74. The fraction of sp³-hybridized carbons (Fsp3) is 0.917. The topological polar surface area (TPSA) is 62.3 Å². The van der Waals surface area contributed by atoms with Crippen molar-refractivity contribution >= 4 is 5.84 Å². The van der Waals surface area contributed by atoms with Gasteiger partial charge in [0.2, 0.25) is 0 Å². The molecule has 0 saturated carbocycles. The zero-order chi connectivity index (χ0) is 12.2. The van der Waals surface area contributed by atoms with Crippen LogP contribution in [0.25, 0.3) is 0 Å². The first-order valence-electron chi connectivity index (χ1n) is 6.06. The molecular formula is C12H25N3O. The standard InChI is InChI=1S/C12H25N3O/c1-12(2,11(13)14)6-7-15(3)9-10-5-4-8-16-10/h10H,4-9H2,1-3H3,(H3,13,14). The van der Waals surface area contributed by atoms with Crippen LogP contribution in [-0.4, -0.2) is 43.6 Å². The van der Waals surface area contributed by atoms with E-state index < -0.39 is 0 Å². The molecule has 1 fully saturated rings. The molecule has 0 aromatic heterocycles. The molecule has 1 atom stereocenters. The zero-order valence-electron chi connectivity index (χ0n) is 10.8. The van der Waals surface area contributed by atoms with Gasteiger partial charge in [0, 0.05) is 18.6 Å². The molecule has 0 radical (unpaired) electrons. The summed E-state index contributed by atoms with van der Waals surface area (Å²) in [6.45, 7) is 6.92. The summed E-state index contributed by atoms with van der Waals surface area (Å²) >= 11 is 0. The minimum atomic E-state index is -0.190. The van der Waals surface area contributed by atoms with Gasteiger partial charge in [0.15, 0.2) is 0 Å². The molecule has 4 nitrogen and oxygen atoms in total. The van der Waals surface area contributed by atoms with E-state index in [4.69, 9.17) is 15.9 Å². The quantitative estimate of drug-likeness (QED) is 0.533. The molecular weight excluding hydrogens is 202 g/mol. The molecule has 0 amide bonds. The number of amidine groups is 1. The number of ether oxygens (including phenoxy) is 1. The van der Waals surface area contributed by atoms with Crippen molar-refractivity contribution in [2.45, 2.75) is 39.2 Å². The van der Waals surface area contributed by atoms with Crippen molar-refractivity contribution in [3.8, 4) is 0 Å². The molecule has 4 heteroatoms. The second kappa shape index (κ2) is 5.64. The fourth-order valence-corrected chi connectivity index (χ4v) is 1.83. The number of rotatable bonds is 6. The minimum Gasteiger partial charge on any atom is -0.387 e. The molecule has 0 bridgehead atoms. The first-order chi connectivity index (χ1) is 7.42. The van der Waals surface area contributed by atoms with Gasteiger partial charge in [-0.2, -0.15) is 0 Å². The summed E-state index contributed by atoms with van der Waals surface area (Å²) in [6, 6.07) is 0. The van der Waals surface area contributed by atoms with Crippen LogP contribution in [0, 0.1) is 10.8 Å². The van der Waals surface area contributed by atoms with Crippen LogP contribution in [0.5, 0.6) is 0 Å². The highest BCUT2D eigenvalue weighted by molar-refractivity contribution is 5.82. The van der Waals surface area contributed by atoms with Gasteiger partial charge in [-0.15, -0.1) is 0 Å². The lowest BCUT2D eigenvalue weighted by molar-refractivity contribution is 0.0791. The van der Waals surface area contributed by atoms with Crippen LogP contribution in [0.15, 0.2) is 0 Å². The van der Waals surface area contributed by atoms with E-state index in [0.717, 1.165) is 26.1 Å². The average molecular weight is 227 g/mol. The summed E-state index contributed by atoms with van der Waals surface area (Å²) < 4.78 is 5.59. The van der Waals surface area contributed by atoms with Gasteiger partial charge in [0.25, 0.3) is 0 Å². The number of likely N-dealkylation sites (N-methyl/N-ethyl adjacent to an activating group) is 1. The highest BCUT2D eigenvalue weighted by Crippen LogP contribution is 2.20. The third kappa shape index (κ3) is 4.10. The molecule has 0 aromatic carbocycles. The van der Waals surface area contributed by atoms with E-state index in [2.05, 4.69) is 11.9 Å². The Morgan fingerprint density at radius 2 is 2.25 bits per heavy atom. The summed E-state index contributed by atoms with van der Waals surface area (Å²) in [5.41, 5.74) is 5.37. The van der Waals surface area contributed by atoms with Crippen molar-refractivity contribution in [2.75, 3.05) is 26.7 Å². The molecule has 0 aromatic rings. The van der Waals surface area contributed by atoms with Crippen LogP contribution in [0.2, 0.25) is 0 Å². The summed E-state index contributed by atoms with van der Waals surface area (Å²) in [6.07, 6.45) is 3.70. The smallest absolute Gasteiger partial charge is 0.0963 e. The lowest BCUT2D eigenvalue weighted by atomic mass is 9.88. The first-order valence-corrected chi connectivity index (χ1v) is 6.06. The molecule has 94 valence electrons. The van der Waals surface area contributed by atoms with Crippen molar-refractivity contribution in [2.24, 2.45) is 11.1 Å². The van der Waals surface area contributed by atoms with E-state index in [-0.39, 0.29) is 11.3 Å². The SMILES string of the molecule is CN(CCC(C)(C)C(=N)N)CC1CCCO1. The van der Waals surface area contributed by atoms with E-state index in [1.807, 2.05) is 13.8 Å². The highest BCUT2D eigenvalue weighted by Gasteiger charge is 2.23. The van der Waals surface area contributed by atoms with Gasteiger partial charge in [-0.3, -0.25) is 5.41 Å². The summed E-state index contributed by atoms with van der Waals surface area (Å²) in [4.78, 5) is 2.28. The average Bonchev–Trinajstić information content (AvgIpc) is 2.67. The van der Waals surface area contributed by atoms with Crippen molar-refractivity contribution in [1.82, 2.24) is 4.90 Å². The molecule has 0 spiro atoms. The molecule has 1 aliphatic heterocycles. The zero-order valence-corrected chi connectivity index (χ0v) is 10.8. The van der Waals surface area contributed by atoms with Gasteiger partial charge < -0.3 is 15.4 Å². The van der Waals surface area contributed by atoms with Crippen molar-refractivity contribution in [3.05, 3.63) is 0 Å². The van der Waals surface area contributed by atoms with Gasteiger partial charge in [-0.25, -0.2) is 0 Å². The predicted octanol–water partition coefficient (Wildman–Crippen LogP) is 1.45. The van der Waals surface area contributed by atoms with E-state index >= 15 is 0 Å². The van der Waals surface area contributed by atoms with Gasteiger partial charge in [0.1, 0.15) is 0 Å². The summed E-state index contributed by atoms with van der Waals surface area (Å²) in [5.74, 6) is 0.276. The number of hydrogen-bond donors (Lipinski definition) is 2. The maximum absolute atomic E-state index is 7.50. The van der Waals surface area contributed by atoms with Gasteiger partial charge in [0.05, 0.1) is 11.9 Å². The number of nitrogens with zero attached hydrogens (tertiary/aromatic N) is 1. The van der Waals surface area contributed by atoms with Crippen molar-refractivity contribution < 1.29 is 4.74 Å². The monoisotopic (exact) mass is 227 g/mol. The Morgan fingerprint density at radius 1 is 1.56 bits per heavy atom. The molecule has 0 aliphatic carbocycles. The Balaban J connectivity index is 2.23. The van der Waals surface area contributed by atoms with Gasteiger partial charge in [-0.05, 0) is 32.9 Å². The molecule has 1 saturated heterocycles. The summed E-state index contributed by atoms with van der Waals surface area (Å²) in [5, 5.41) is 7.50. The third-order valence-corrected chi connectivity index (χ3v) is 3.39. The molecule has 16 heavy (non-hydrogen) atoms. The number of hydrogen-bond acceptors (Lipinski definition) is 3. The molecule has 1 heterocycles. The largest absolute Gasteiger partial charge is 0.387 e. The molecule has 3 N–H and O–H groups in total. The Hall–Kier alpha value is -0.610. The maximum atomic E-state index is 7.50. The molecule has 1 unspecified atom stereocenters. The highest BCUT2D eigenvalue weighted by atomic mass is 16.5. The lowest BCUT2D eigenvalue weighted by Gasteiger charge is -2.27.